The molecule has 1 rings (SSSR count). The average Bonchev–Trinajstić information content (AvgIpc) is 2.39. The van der Waals surface area contributed by atoms with Crippen LogP contribution in [0.25, 0.3) is 0 Å². The van der Waals surface area contributed by atoms with Crippen LogP contribution in [0.4, 0.5) is 0 Å². The Labute approximate surface area is 143 Å². The van der Waals surface area contributed by atoms with Crippen LogP contribution in [0.5, 0.6) is 11.5 Å². The second-order valence-electron chi connectivity index (χ2n) is 5.74. The van der Waals surface area contributed by atoms with Gasteiger partial charge in [0.05, 0.1) is 22.7 Å². The molecule has 0 saturated heterocycles. The van der Waals surface area contributed by atoms with Crippen molar-refractivity contribution in [3.8, 4) is 11.5 Å². The highest BCUT2D eigenvalue weighted by atomic mass is 79.9. The number of hydrogen-bond acceptors (Lipinski definition) is 4. The molecule has 1 aromatic carbocycles. The summed E-state index contributed by atoms with van der Waals surface area (Å²) >= 11 is 6.97. The van der Waals surface area contributed by atoms with E-state index >= 15 is 0 Å². The lowest BCUT2D eigenvalue weighted by Crippen LogP contribution is -2.44. The van der Waals surface area contributed by atoms with E-state index in [2.05, 4.69) is 57.9 Å². The van der Waals surface area contributed by atoms with Crippen molar-refractivity contribution in [3.05, 3.63) is 21.1 Å². The summed E-state index contributed by atoms with van der Waals surface area (Å²) in [5.41, 5.74) is 0.0348. The van der Waals surface area contributed by atoms with Gasteiger partial charge in [0.1, 0.15) is 17.6 Å². The highest BCUT2D eigenvalue weighted by Crippen LogP contribution is 2.36. The van der Waals surface area contributed by atoms with E-state index in [-0.39, 0.29) is 11.6 Å². The molecule has 21 heavy (non-hydrogen) atoms. The second kappa shape index (κ2) is 8.36. The van der Waals surface area contributed by atoms with Crippen LogP contribution in [-0.2, 0) is 4.74 Å². The van der Waals surface area contributed by atoms with Gasteiger partial charge in [-0.2, -0.15) is 0 Å². The number of ether oxygens (including phenoxy) is 3. The fourth-order valence-electron chi connectivity index (χ4n) is 1.68. The standard InChI is InChI=1S/C15H23Br2NO3/c1-15(2,3)18-8-10(9-19-4)21-14-7-11(16)13(20-5)6-12(14)17/h6-7,10,18H,8-9H2,1-5H3. The maximum Gasteiger partial charge on any atom is 0.135 e. The molecule has 1 atom stereocenters. The third-order valence-electron chi connectivity index (χ3n) is 2.71. The minimum atomic E-state index is -0.0779. The monoisotopic (exact) mass is 423 g/mol. The number of benzene rings is 1. The lowest BCUT2D eigenvalue weighted by atomic mass is 10.1. The van der Waals surface area contributed by atoms with Crippen LogP contribution in [0, 0.1) is 0 Å². The van der Waals surface area contributed by atoms with Crippen molar-refractivity contribution in [1.29, 1.82) is 0 Å². The number of halogens is 2. The molecule has 0 aliphatic heterocycles. The first-order valence-corrected chi connectivity index (χ1v) is 8.29. The predicted molar refractivity (Wildman–Crippen MR) is 92.4 cm³/mol. The van der Waals surface area contributed by atoms with E-state index in [4.69, 9.17) is 14.2 Å². The van der Waals surface area contributed by atoms with Gasteiger partial charge in [0.25, 0.3) is 0 Å². The Morgan fingerprint density at radius 2 is 1.67 bits per heavy atom. The molecule has 0 aliphatic carbocycles. The van der Waals surface area contributed by atoms with Gasteiger partial charge in [-0.05, 0) is 64.8 Å². The lowest BCUT2D eigenvalue weighted by molar-refractivity contribution is 0.0759. The molecule has 1 unspecified atom stereocenters. The normalized spacial score (nSPS) is 13.1. The van der Waals surface area contributed by atoms with Crippen LogP contribution in [0.1, 0.15) is 20.8 Å². The smallest absolute Gasteiger partial charge is 0.135 e. The van der Waals surface area contributed by atoms with E-state index in [0.29, 0.717) is 13.2 Å². The van der Waals surface area contributed by atoms with Crippen LogP contribution in [0.2, 0.25) is 0 Å². The molecule has 0 heterocycles. The number of hydrogen-bond donors (Lipinski definition) is 1. The van der Waals surface area contributed by atoms with Gasteiger partial charge >= 0.3 is 0 Å². The summed E-state index contributed by atoms with van der Waals surface area (Å²) in [6, 6.07) is 3.77. The molecular weight excluding hydrogens is 402 g/mol. The summed E-state index contributed by atoms with van der Waals surface area (Å²) in [6.45, 7) is 7.58. The highest BCUT2D eigenvalue weighted by Gasteiger charge is 2.17. The molecule has 0 spiro atoms. The van der Waals surface area contributed by atoms with Crippen molar-refractivity contribution in [3.63, 3.8) is 0 Å². The van der Waals surface area contributed by atoms with Crippen LogP contribution in [-0.4, -0.2) is 39.0 Å². The first-order chi connectivity index (χ1) is 9.76. The number of methoxy groups -OCH3 is 2. The van der Waals surface area contributed by atoms with Crippen molar-refractivity contribution in [2.24, 2.45) is 0 Å². The molecule has 1 N–H and O–H groups in total. The predicted octanol–water partition coefficient (Wildman–Crippen LogP) is 4.00. The van der Waals surface area contributed by atoms with E-state index in [1.165, 1.54) is 0 Å². The van der Waals surface area contributed by atoms with E-state index < -0.39 is 0 Å². The summed E-state index contributed by atoms with van der Waals surface area (Å²) in [5, 5.41) is 3.43. The third kappa shape index (κ3) is 6.55. The molecule has 0 fully saturated rings. The van der Waals surface area contributed by atoms with Crippen LogP contribution >= 0.6 is 31.9 Å². The van der Waals surface area contributed by atoms with Gasteiger partial charge in [0.2, 0.25) is 0 Å². The SMILES string of the molecule is COCC(CNC(C)(C)C)Oc1cc(Br)c(OC)cc1Br. The van der Waals surface area contributed by atoms with Crippen LogP contribution in [0.15, 0.2) is 21.1 Å². The molecule has 6 heteroatoms. The van der Waals surface area contributed by atoms with Crippen molar-refractivity contribution in [1.82, 2.24) is 5.32 Å². The van der Waals surface area contributed by atoms with Gasteiger partial charge < -0.3 is 19.5 Å². The molecule has 120 valence electrons. The molecule has 0 aliphatic rings. The Morgan fingerprint density at radius 1 is 1.10 bits per heavy atom. The minimum Gasteiger partial charge on any atom is -0.496 e. The minimum absolute atomic E-state index is 0.0348. The first kappa shape index (κ1) is 18.7. The lowest BCUT2D eigenvalue weighted by Gasteiger charge is -2.26. The zero-order chi connectivity index (χ0) is 16.0. The number of rotatable bonds is 7. The van der Waals surface area contributed by atoms with E-state index in [1.54, 1.807) is 14.2 Å². The molecule has 0 amide bonds. The third-order valence-corrected chi connectivity index (χ3v) is 3.95. The van der Waals surface area contributed by atoms with E-state index in [9.17, 15) is 0 Å². The molecule has 0 bridgehead atoms. The van der Waals surface area contributed by atoms with Gasteiger partial charge in [0, 0.05) is 19.2 Å². The topological polar surface area (TPSA) is 39.7 Å². The van der Waals surface area contributed by atoms with Crippen molar-refractivity contribution in [2.75, 3.05) is 27.4 Å². The van der Waals surface area contributed by atoms with Crippen molar-refractivity contribution in [2.45, 2.75) is 32.4 Å². The van der Waals surface area contributed by atoms with E-state index in [1.807, 2.05) is 12.1 Å². The molecule has 0 saturated carbocycles. The maximum absolute atomic E-state index is 6.04. The van der Waals surface area contributed by atoms with Crippen molar-refractivity contribution < 1.29 is 14.2 Å². The summed E-state index contributed by atoms with van der Waals surface area (Å²) in [7, 11) is 3.31. The summed E-state index contributed by atoms with van der Waals surface area (Å²) < 4.78 is 18.2. The zero-order valence-electron chi connectivity index (χ0n) is 13.1. The zero-order valence-corrected chi connectivity index (χ0v) is 16.3. The molecule has 4 nitrogen and oxygen atoms in total. The van der Waals surface area contributed by atoms with Crippen molar-refractivity contribution >= 4 is 31.9 Å². The maximum atomic E-state index is 6.04. The van der Waals surface area contributed by atoms with Crippen LogP contribution < -0.4 is 14.8 Å². The summed E-state index contributed by atoms with van der Waals surface area (Å²) in [4.78, 5) is 0. The van der Waals surface area contributed by atoms with Gasteiger partial charge in [-0.3, -0.25) is 0 Å². The Morgan fingerprint density at radius 3 is 2.19 bits per heavy atom. The molecule has 0 radical (unpaired) electrons. The number of nitrogens with one attached hydrogen (secondary N) is 1. The Bertz CT molecular complexity index is 461. The highest BCUT2D eigenvalue weighted by molar-refractivity contribution is 9.11. The van der Waals surface area contributed by atoms with Gasteiger partial charge in [-0.15, -0.1) is 0 Å². The average molecular weight is 425 g/mol. The second-order valence-corrected chi connectivity index (χ2v) is 7.45. The largest absolute Gasteiger partial charge is 0.496 e. The fourth-order valence-corrected chi connectivity index (χ4v) is 2.58. The van der Waals surface area contributed by atoms with Crippen LogP contribution in [0.3, 0.4) is 0 Å². The Kier molecular flexibility index (Phi) is 7.47. The molecule has 0 aromatic heterocycles. The van der Waals surface area contributed by atoms with Gasteiger partial charge in [-0.25, -0.2) is 0 Å². The quantitative estimate of drug-likeness (QED) is 0.717. The Hall–Kier alpha value is -0.300. The fraction of sp³-hybridized carbons (Fsp3) is 0.600. The summed E-state index contributed by atoms with van der Waals surface area (Å²) in [5.74, 6) is 1.51. The Balaban J connectivity index is 2.81. The molecular formula is C15H23Br2NO3. The van der Waals surface area contributed by atoms with Gasteiger partial charge in [0.15, 0.2) is 0 Å². The van der Waals surface area contributed by atoms with Gasteiger partial charge in [-0.1, -0.05) is 0 Å². The first-order valence-electron chi connectivity index (χ1n) is 6.70. The van der Waals surface area contributed by atoms with E-state index in [0.717, 1.165) is 20.4 Å². The molecule has 1 aromatic rings. The summed E-state index contributed by atoms with van der Waals surface area (Å²) in [6.07, 6.45) is -0.0779.